The predicted octanol–water partition coefficient (Wildman–Crippen LogP) is 6.57. The number of carboxylic acid groups (broad SMARTS) is 1. The molecule has 50 heavy (non-hydrogen) atoms. The van der Waals surface area contributed by atoms with E-state index in [1.807, 2.05) is 48.5 Å². The van der Waals surface area contributed by atoms with Gasteiger partial charge in [0, 0.05) is 77.7 Å². The van der Waals surface area contributed by atoms with E-state index in [0.29, 0.717) is 69.6 Å². The van der Waals surface area contributed by atoms with Crippen LogP contribution in [0.15, 0.2) is 73.1 Å². The number of carbonyl (C=O) groups is 2. The van der Waals surface area contributed by atoms with Gasteiger partial charge in [0.1, 0.15) is 0 Å². The van der Waals surface area contributed by atoms with Crippen LogP contribution in [-0.4, -0.2) is 74.4 Å². The maximum absolute atomic E-state index is 12.0. The highest BCUT2D eigenvalue weighted by Gasteiger charge is 2.26. The predicted molar refractivity (Wildman–Crippen MR) is 193 cm³/mol. The minimum Gasteiger partial charge on any atom is -0.481 e. The first kappa shape index (κ1) is 35.0. The maximum Gasteiger partial charge on any atom is 0.407 e. The van der Waals surface area contributed by atoms with Gasteiger partial charge in [-0.05, 0) is 43.2 Å². The van der Waals surface area contributed by atoms with Crippen LogP contribution in [0.25, 0.3) is 44.5 Å². The summed E-state index contributed by atoms with van der Waals surface area (Å²) in [5, 5.41) is 27.2. The Labute approximate surface area is 299 Å². The van der Waals surface area contributed by atoms with Crippen molar-refractivity contribution in [3.63, 3.8) is 0 Å². The van der Waals surface area contributed by atoms with Gasteiger partial charge < -0.3 is 30.5 Å². The summed E-state index contributed by atoms with van der Waals surface area (Å²) < 4.78 is 5.59. The van der Waals surface area contributed by atoms with Crippen LogP contribution in [-0.2, 0) is 17.9 Å². The molecule has 4 N–H and O–H groups in total. The van der Waals surface area contributed by atoms with Gasteiger partial charge in [0.05, 0.1) is 46.7 Å². The number of carbonyl (C=O) groups excluding carboxylic acids is 1. The van der Waals surface area contributed by atoms with Crippen LogP contribution in [0.4, 0.5) is 4.79 Å². The largest absolute Gasteiger partial charge is 0.481 e. The Morgan fingerprint density at radius 2 is 1.72 bits per heavy atom. The average molecular weight is 716 g/mol. The Balaban J connectivity index is 1.26. The molecular weight excluding hydrogens is 679 g/mol. The van der Waals surface area contributed by atoms with Crippen LogP contribution < -0.4 is 15.4 Å². The van der Waals surface area contributed by atoms with Crippen LogP contribution in [0.1, 0.15) is 30.9 Å². The van der Waals surface area contributed by atoms with E-state index < -0.39 is 12.2 Å². The van der Waals surface area contributed by atoms with Crippen LogP contribution >= 0.6 is 23.2 Å². The summed E-state index contributed by atoms with van der Waals surface area (Å²) in [4.78, 5) is 39.0. The van der Waals surface area contributed by atoms with E-state index in [9.17, 15) is 19.8 Å². The maximum atomic E-state index is 12.0. The van der Waals surface area contributed by atoms with Gasteiger partial charge in [-0.15, -0.1) is 0 Å². The molecule has 2 amide bonds. The number of rotatable bonds is 12. The first-order valence-corrected chi connectivity index (χ1v) is 16.9. The number of benzene rings is 2. The van der Waals surface area contributed by atoms with Crippen molar-refractivity contribution in [1.82, 2.24) is 30.5 Å². The molecule has 1 aliphatic heterocycles. The van der Waals surface area contributed by atoms with Crippen LogP contribution in [0.5, 0.6) is 5.88 Å². The second-order valence-corrected chi connectivity index (χ2v) is 13.0. The Kier molecular flexibility index (Phi) is 10.8. The number of methoxy groups -OCH3 is 1. The average Bonchev–Trinajstić information content (AvgIpc) is 3.52. The Morgan fingerprint density at radius 3 is 2.36 bits per heavy atom. The number of amides is 2. The molecule has 1 aliphatic rings. The minimum atomic E-state index is -1.10. The molecule has 0 spiro atoms. The number of nitrogens with one attached hydrogen (secondary N) is 2. The minimum absolute atomic E-state index is 0.0367. The lowest BCUT2D eigenvalue weighted by molar-refractivity contribution is -0.119. The van der Waals surface area contributed by atoms with Crippen LogP contribution in [0.2, 0.25) is 10.0 Å². The van der Waals surface area contributed by atoms with Gasteiger partial charge in [-0.2, -0.15) is 0 Å². The number of aromatic nitrogens is 3. The SMILES string of the molecule is COc1nc(-c2cccc(-c3cccc(-c4cc5ncc(CNCC(C)O)cc5cn4)c3Cl)c2Cl)ccc1CN(C[C@@H]1CCC(=O)N1)C(=O)O. The van der Waals surface area contributed by atoms with Gasteiger partial charge in [-0.25, -0.2) is 9.78 Å². The number of aliphatic hydroxyl groups is 1. The lowest BCUT2D eigenvalue weighted by atomic mass is 9.98. The second-order valence-electron chi connectivity index (χ2n) is 12.3. The lowest BCUT2D eigenvalue weighted by Crippen LogP contribution is -2.41. The fourth-order valence-electron chi connectivity index (χ4n) is 6.03. The number of fused-ring (bicyclic) bond motifs is 1. The monoisotopic (exact) mass is 714 g/mol. The third-order valence-corrected chi connectivity index (χ3v) is 9.33. The van der Waals surface area contributed by atoms with Crippen molar-refractivity contribution in [1.29, 1.82) is 0 Å². The molecule has 1 saturated heterocycles. The summed E-state index contributed by atoms with van der Waals surface area (Å²) in [5.41, 5.74) is 6.32. The second kappa shape index (κ2) is 15.4. The molecule has 13 heteroatoms. The number of ether oxygens (including phenoxy) is 1. The number of pyridine rings is 3. The number of hydrogen-bond donors (Lipinski definition) is 4. The first-order valence-electron chi connectivity index (χ1n) is 16.1. The van der Waals surface area contributed by atoms with Crippen molar-refractivity contribution < 1.29 is 24.5 Å². The molecule has 258 valence electrons. The summed E-state index contributed by atoms with van der Waals surface area (Å²) >= 11 is 14.1. The summed E-state index contributed by atoms with van der Waals surface area (Å²) in [6.07, 6.45) is 3.02. The molecule has 0 saturated carbocycles. The van der Waals surface area contributed by atoms with Gasteiger partial charge in [0.15, 0.2) is 0 Å². The highest BCUT2D eigenvalue weighted by molar-refractivity contribution is 6.39. The van der Waals surface area contributed by atoms with Crippen molar-refractivity contribution in [3.05, 3.63) is 94.2 Å². The molecule has 0 aliphatic carbocycles. The molecule has 6 rings (SSSR count). The molecule has 1 unspecified atom stereocenters. The van der Waals surface area contributed by atoms with Gasteiger partial charge >= 0.3 is 6.09 Å². The Morgan fingerprint density at radius 1 is 1.02 bits per heavy atom. The van der Waals surface area contributed by atoms with Gasteiger partial charge in [-0.1, -0.05) is 59.6 Å². The smallest absolute Gasteiger partial charge is 0.407 e. The zero-order chi connectivity index (χ0) is 35.4. The van der Waals surface area contributed by atoms with Crippen LogP contribution in [0, 0.1) is 0 Å². The normalized spacial score (nSPS) is 14.8. The van der Waals surface area contributed by atoms with Crippen LogP contribution in [0.3, 0.4) is 0 Å². The van der Waals surface area contributed by atoms with E-state index >= 15 is 0 Å². The Hall–Kier alpha value is -4.81. The number of nitrogens with zero attached hydrogens (tertiary/aromatic N) is 4. The molecule has 4 heterocycles. The lowest BCUT2D eigenvalue weighted by Gasteiger charge is -2.23. The third-order valence-electron chi connectivity index (χ3n) is 8.52. The van der Waals surface area contributed by atoms with E-state index in [-0.39, 0.29) is 30.9 Å². The van der Waals surface area contributed by atoms with E-state index in [1.165, 1.54) is 12.0 Å². The van der Waals surface area contributed by atoms with Gasteiger partial charge in [0.2, 0.25) is 11.8 Å². The molecular formula is C37H36Cl2N6O5. The molecule has 0 radical (unpaired) electrons. The number of hydrogen-bond acceptors (Lipinski definition) is 8. The quantitative estimate of drug-likeness (QED) is 0.113. The summed E-state index contributed by atoms with van der Waals surface area (Å²) in [7, 11) is 1.48. The zero-order valence-corrected chi connectivity index (χ0v) is 29.0. The Bertz CT molecular complexity index is 2060. The van der Waals surface area contributed by atoms with Crippen molar-refractivity contribution >= 4 is 46.1 Å². The summed E-state index contributed by atoms with van der Waals surface area (Å²) in [5.74, 6) is 0.192. The standard InChI is InChI=1S/C37H36Cl2N6O5/c1-21(46)15-40-16-22-13-24-18-42-32(14-31(24)41-17-22)29-8-4-6-27(35(29)39)26-5-3-7-28(34(26)38)30-11-9-23(36(44-30)50-2)19-45(37(48)49)20-25-10-12-33(47)43-25/h3-9,11,13-14,17-18,21,25,40,46H,10,12,15-16,19-20H2,1-2H3,(H,43,47)(H,48,49)/t21?,25-/m0/s1. The third kappa shape index (κ3) is 7.81. The van der Waals surface area contributed by atoms with E-state index in [2.05, 4.69) is 15.6 Å². The highest BCUT2D eigenvalue weighted by Crippen LogP contribution is 2.42. The van der Waals surface area contributed by atoms with Gasteiger partial charge in [-0.3, -0.25) is 14.8 Å². The van der Waals surface area contributed by atoms with Crippen molar-refractivity contribution in [2.24, 2.45) is 0 Å². The van der Waals surface area contributed by atoms with Crippen molar-refractivity contribution in [2.75, 3.05) is 20.2 Å². The molecule has 5 aromatic rings. The molecule has 1 fully saturated rings. The summed E-state index contributed by atoms with van der Waals surface area (Å²) in [6, 6.07) is 18.5. The summed E-state index contributed by atoms with van der Waals surface area (Å²) in [6.45, 7) is 3.01. The molecule has 0 bridgehead atoms. The fraction of sp³-hybridized carbons (Fsp3) is 0.270. The van der Waals surface area contributed by atoms with E-state index in [4.69, 9.17) is 37.9 Å². The van der Waals surface area contributed by atoms with Gasteiger partial charge in [0.25, 0.3) is 0 Å². The van der Waals surface area contributed by atoms with Crippen molar-refractivity contribution in [3.8, 4) is 39.5 Å². The number of halogens is 2. The molecule has 11 nitrogen and oxygen atoms in total. The van der Waals surface area contributed by atoms with E-state index in [1.54, 1.807) is 31.5 Å². The fourth-order valence-corrected chi connectivity index (χ4v) is 6.67. The zero-order valence-electron chi connectivity index (χ0n) is 27.5. The van der Waals surface area contributed by atoms with Crippen molar-refractivity contribution in [2.45, 2.75) is 45.0 Å². The number of aliphatic hydroxyl groups excluding tert-OH is 1. The topological polar surface area (TPSA) is 150 Å². The molecule has 3 aromatic heterocycles. The highest BCUT2D eigenvalue weighted by atomic mass is 35.5. The first-order chi connectivity index (χ1) is 24.1. The van der Waals surface area contributed by atoms with E-state index in [0.717, 1.165) is 22.0 Å². The molecule has 2 atom stereocenters. The molecule has 2 aromatic carbocycles.